The molecule has 0 amide bonds. The second kappa shape index (κ2) is 4.79. The van der Waals surface area contributed by atoms with Gasteiger partial charge >= 0.3 is 0 Å². The summed E-state index contributed by atoms with van der Waals surface area (Å²) >= 11 is 0. The average molecular weight is 228 g/mol. The van der Waals surface area contributed by atoms with Gasteiger partial charge in [0.1, 0.15) is 11.4 Å². The summed E-state index contributed by atoms with van der Waals surface area (Å²) in [6.07, 6.45) is 8.70. The Bertz CT molecular complexity index is 447. The molecule has 0 spiro atoms. The molecule has 0 radical (unpaired) electrons. The first-order valence-electron chi connectivity index (χ1n) is 6.17. The van der Waals surface area contributed by atoms with E-state index in [1.54, 1.807) is 0 Å². The van der Waals surface area contributed by atoms with Gasteiger partial charge in [-0.3, -0.25) is 0 Å². The maximum Gasteiger partial charge on any atom is 0.123 e. The molecule has 0 aliphatic heterocycles. The molecule has 2 rings (SSSR count). The van der Waals surface area contributed by atoms with Crippen LogP contribution in [-0.4, -0.2) is 5.60 Å². The van der Waals surface area contributed by atoms with Crippen molar-refractivity contribution in [1.29, 1.82) is 0 Å². The van der Waals surface area contributed by atoms with Crippen molar-refractivity contribution in [3.05, 3.63) is 53.6 Å². The van der Waals surface area contributed by atoms with Gasteiger partial charge in [0.2, 0.25) is 0 Å². The van der Waals surface area contributed by atoms with E-state index in [1.165, 1.54) is 11.1 Å². The highest BCUT2D eigenvalue weighted by molar-refractivity contribution is 5.40. The molecule has 0 unspecified atom stereocenters. The number of rotatable bonds is 3. The van der Waals surface area contributed by atoms with Crippen LogP contribution in [0.15, 0.2) is 48.1 Å². The molecule has 0 fully saturated rings. The van der Waals surface area contributed by atoms with Crippen molar-refractivity contribution < 1.29 is 4.74 Å². The van der Waals surface area contributed by atoms with Crippen LogP contribution in [0.2, 0.25) is 0 Å². The molecular weight excluding hydrogens is 208 g/mol. The molecule has 17 heavy (non-hydrogen) atoms. The Kier molecular flexibility index (Phi) is 3.37. The Hall–Kier alpha value is -1.50. The van der Waals surface area contributed by atoms with E-state index in [1.807, 2.05) is 6.07 Å². The minimum atomic E-state index is -0.143. The van der Waals surface area contributed by atoms with Gasteiger partial charge < -0.3 is 4.74 Å². The lowest BCUT2D eigenvalue weighted by Gasteiger charge is -2.23. The van der Waals surface area contributed by atoms with Gasteiger partial charge in [0, 0.05) is 6.42 Å². The fourth-order valence-electron chi connectivity index (χ4n) is 1.94. The number of para-hydroxylation sites is 1. The van der Waals surface area contributed by atoms with Gasteiger partial charge in [0.25, 0.3) is 0 Å². The maximum absolute atomic E-state index is 5.99. The Labute approximate surface area is 104 Å². The summed E-state index contributed by atoms with van der Waals surface area (Å²) in [7, 11) is 0. The van der Waals surface area contributed by atoms with Crippen LogP contribution in [0.5, 0.6) is 5.75 Å². The SMILES string of the molecule is CC(C)(C)Oc1ccccc1CC1=CCC=C1. The van der Waals surface area contributed by atoms with Gasteiger partial charge in [-0.25, -0.2) is 0 Å². The number of ether oxygens (including phenoxy) is 1. The summed E-state index contributed by atoms with van der Waals surface area (Å²) in [5.74, 6) is 1.00. The molecule has 90 valence electrons. The molecule has 1 nitrogen and oxygen atoms in total. The van der Waals surface area contributed by atoms with Gasteiger partial charge in [0.05, 0.1) is 0 Å². The Morgan fingerprint density at radius 1 is 1.18 bits per heavy atom. The summed E-state index contributed by atoms with van der Waals surface area (Å²) < 4.78 is 5.99. The minimum absolute atomic E-state index is 0.143. The summed E-state index contributed by atoms with van der Waals surface area (Å²) in [6.45, 7) is 6.25. The molecule has 0 N–H and O–H groups in total. The first-order chi connectivity index (χ1) is 8.04. The summed E-state index contributed by atoms with van der Waals surface area (Å²) in [6, 6.07) is 8.31. The largest absolute Gasteiger partial charge is 0.488 e. The van der Waals surface area contributed by atoms with Gasteiger partial charge in [-0.05, 0) is 44.4 Å². The number of hydrogen-bond acceptors (Lipinski definition) is 1. The lowest BCUT2D eigenvalue weighted by Crippen LogP contribution is -2.23. The van der Waals surface area contributed by atoms with Crippen LogP contribution in [0.25, 0.3) is 0 Å². The third-order valence-electron chi connectivity index (χ3n) is 2.63. The van der Waals surface area contributed by atoms with E-state index in [0.29, 0.717) is 0 Å². The predicted octanol–water partition coefficient (Wildman–Crippen LogP) is 4.29. The van der Waals surface area contributed by atoms with Crippen LogP contribution < -0.4 is 4.74 Å². The highest BCUT2D eigenvalue weighted by atomic mass is 16.5. The van der Waals surface area contributed by atoms with Crippen LogP contribution in [0.1, 0.15) is 32.8 Å². The summed E-state index contributed by atoms with van der Waals surface area (Å²) in [5, 5.41) is 0. The minimum Gasteiger partial charge on any atom is -0.488 e. The standard InChI is InChI=1S/C16H20O/c1-16(2,3)17-15-11-7-6-10-14(15)12-13-8-4-5-9-13/h4,6-11H,5,12H2,1-3H3. The lowest BCUT2D eigenvalue weighted by atomic mass is 10.0. The van der Waals surface area contributed by atoms with Crippen molar-refractivity contribution in [2.45, 2.75) is 39.2 Å². The van der Waals surface area contributed by atoms with E-state index in [9.17, 15) is 0 Å². The van der Waals surface area contributed by atoms with Gasteiger partial charge in [-0.1, -0.05) is 36.4 Å². The molecule has 0 heterocycles. The Morgan fingerprint density at radius 3 is 2.59 bits per heavy atom. The van der Waals surface area contributed by atoms with Crippen LogP contribution >= 0.6 is 0 Å². The quantitative estimate of drug-likeness (QED) is 0.749. The zero-order valence-corrected chi connectivity index (χ0v) is 10.9. The highest BCUT2D eigenvalue weighted by Crippen LogP contribution is 2.26. The molecule has 1 heteroatoms. The molecule has 1 aromatic carbocycles. The number of benzene rings is 1. The molecule has 0 saturated carbocycles. The second-order valence-electron chi connectivity index (χ2n) is 5.42. The molecule has 0 atom stereocenters. The first kappa shape index (κ1) is 12.0. The maximum atomic E-state index is 5.99. The summed E-state index contributed by atoms with van der Waals surface area (Å²) in [5.41, 5.74) is 2.51. The second-order valence-corrected chi connectivity index (χ2v) is 5.42. The Balaban J connectivity index is 2.18. The molecule has 1 aliphatic rings. The highest BCUT2D eigenvalue weighted by Gasteiger charge is 2.14. The van der Waals surface area contributed by atoms with E-state index in [2.05, 4.69) is 57.2 Å². The third-order valence-corrected chi connectivity index (χ3v) is 2.63. The fourth-order valence-corrected chi connectivity index (χ4v) is 1.94. The van der Waals surface area contributed by atoms with Crippen molar-refractivity contribution >= 4 is 0 Å². The topological polar surface area (TPSA) is 9.23 Å². The van der Waals surface area contributed by atoms with E-state index in [0.717, 1.165) is 18.6 Å². The smallest absolute Gasteiger partial charge is 0.123 e. The number of hydrogen-bond donors (Lipinski definition) is 0. The Morgan fingerprint density at radius 2 is 1.94 bits per heavy atom. The molecule has 0 bridgehead atoms. The zero-order chi connectivity index (χ0) is 12.3. The first-order valence-corrected chi connectivity index (χ1v) is 6.17. The van der Waals surface area contributed by atoms with Crippen molar-refractivity contribution in [2.24, 2.45) is 0 Å². The normalized spacial score (nSPS) is 14.9. The molecule has 0 aromatic heterocycles. The van der Waals surface area contributed by atoms with Gasteiger partial charge in [-0.2, -0.15) is 0 Å². The number of allylic oxidation sites excluding steroid dienone is 4. The van der Waals surface area contributed by atoms with Gasteiger partial charge in [0.15, 0.2) is 0 Å². The van der Waals surface area contributed by atoms with Crippen LogP contribution in [-0.2, 0) is 6.42 Å². The van der Waals surface area contributed by atoms with Crippen LogP contribution in [0.4, 0.5) is 0 Å². The molecule has 1 aliphatic carbocycles. The van der Waals surface area contributed by atoms with Crippen LogP contribution in [0, 0.1) is 0 Å². The zero-order valence-electron chi connectivity index (χ0n) is 10.9. The fraction of sp³-hybridized carbons (Fsp3) is 0.375. The van der Waals surface area contributed by atoms with Crippen molar-refractivity contribution in [1.82, 2.24) is 0 Å². The van der Waals surface area contributed by atoms with Gasteiger partial charge in [-0.15, -0.1) is 0 Å². The molecular formula is C16H20O. The summed E-state index contributed by atoms with van der Waals surface area (Å²) in [4.78, 5) is 0. The van der Waals surface area contributed by atoms with E-state index < -0.39 is 0 Å². The van der Waals surface area contributed by atoms with Crippen molar-refractivity contribution in [2.75, 3.05) is 0 Å². The molecule has 0 saturated heterocycles. The van der Waals surface area contributed by atoms with Crippen molar-refractivity contribution in [3.63, 3.8) is 0 Å². The third kappa shape index (κ3) is 3.48. The van der Waals surface area contributed by atoms with Crippen molar-refractivity contribution in [3.8, 4) is 5.75 Å². The van der Waals surface area contributed by atoms with E-state index in [-0.39, 0.29) is 5.60 Å². The monoisotopic (exact) mass is 228 g/mol. The average Bonchev–Trinajstić information content (AvgIpc) is 2.71. The van der Waals surface area contributed by atoms with E-state index >= 15 is 0 Å². The lowest BCUT2D eigenvalue weighted by molar-refractivity contribution is 0.129. The van der Waals surface area contributed by atoms with Crippen LogP contribution in [0.3, 0.4) is 0 Å². The predicted molar refractivity (Wildman–Crippen MR) is 72.4 cm³/mol. The van der Waals surface area contributed by atoms with E-state index in [4.69, 9.17) is 4.74 Å². The molecule has 1 aromatic rings.